The van der Waals surface area contributed by atoms with Crippen LogP contribution in [0.3, 0.4) is 0 Å². The summed E-state index contributed by atoms with van der Waals surface area (Å²) >= 11 is 0. The molecule has 1 aromatic heterocycles. The SMILES string of the molecule is CS(=O)(=O)N[C@H]1CCN(c2ccnc(CO)c2)[C@H]1CO[C@H]1CC[C@@H](c2ccccc2)CC1. The number of pyridine rings is 1. The summed E-state index contributed by atoms with van der Waals surface area (Å²) < 4.78 is 33.0. The molecule has 8 heteroatoms. The van der Waals surface area contributed by atoms with Crippen LogP contribution in [0.15, 0.2) is 48.7 Å². The van der Waals surface area contributed by atoms with Crippen molar-refractivity contribution in [2.45, 2.75) is 62.8 Å². The molecule has 0 radical (unpaired) electrons. The summed E-state index contributed by atoms with van der Waals surface area (Å²) in [4.78, 5) is 6.34. The Morgan fingerprint density at radius 1 is 1.12 bits per heavy atom. The van der Waals surface area contributed by atoms with Gasteiger partial charge in [0, 0.05) is 24.5 Å². The summed E-state index contributed by atoms with van der Waals surface area (Å²) in [6, 6.07) is 14.1. The molecule has 0 unspecified atom stereocenters. The molecule has 4 rings (SSSR count). The van der Waals surface area contributed by atoms with Gasteiger partial charge in [-0.2, -0.15) is 0 Å². The third-order valence-corrected chi connectivity index (χ3v) is 7.38. The number of ether oxygens (including phenoxy) is 1. The summed E-state index contributed by atoms with van der Waals surface area (Å²) in [7, 11) is -3.32. The summed E-state index contributed by atoms with van der Waals surface area (Å²) in [5, 5.41) is 9.46. The van der Waals surface area contributed by atoms with Gasteiger partial charge in [-0.15, -0.1) is 0 Å². The first kappa shape index (κ1) is 23.2. The van der Waals surface area contributed by atoms with E-state index in [9.17, 15) is 13.5 Å². The van der Waals surface area contributed by atoms with E-state index in [1.165, 1.54) is 11.8 Å². The van der Waals surface area contributed by atoms with Crippen LogP contribution >= 0.6 is 0 Å². The summed E-state index contributed by atoms with van der Waals surface area (Å²) in [6.45, 7) is 1.06. The second-order valence-corrected chi connectivity index (χ2v) is 10.7. The molecule has 1 aromatic carbocycles. The molecule has 2 atom stereocenters. The lowest BCUT2D eigenvalue weighted by molar-refractivity contribution is 0.0157. The van der Waals surface area contributed by atoms with Crippen molar-refractivity contribution in [1.82, 2.24) is 9.71 Å². The molecule has 174 valence electrons. The van der Waals surface area contributed by atoms with E-state index in [0.717, 1.165) is 37.9 Å². The molecule has 2 aromatic rings. The van der Waals surface area contributed by atoms with Crippen molar-refractivity contribution in [2.75, 3.05) is 24.3 Å². The lowest BCUT2D eigenvalue weighted by Crippen LogP contribution is -2.48. The third kappa shape index (κ3) is 5.86. The van der Waals surface area contributed by atoms with Crippen molar-refractivity contribution >= 4 is 15.7 Å². The Bertz CT molecular complexity index is 978. The molecule has 1 aliphatic heterocycles. The zero-order valence-electron chi connectivity index (χ0n) is 18.6. The number of benzene rings is 1. The lowest BCUT2D eigenvalue weighted by atomic mass is 9.83. The van der Waals surface area contributed by atoms with Gasteiger partial charge in [0.2, 0.25) is 10.0 Å². The number of aromatic nitrogens is 1. The Labute approximate surface area is 190 Å². The average Bonchev–Trinajstić information content (AvgIpc) is 3.19. The zero-order chi connectivity index (χ0) is 22.6. The van der Waals surface area contributed by atoms with Gasteiger partial charge in [0.05, 0.1) is 37.3 Å². The van der Waals surface area contributed by atoms with Gasteiger partial charge in [0.15, 0.2) is 0 Å². The van der Waals surface area contributed by atoms with Crippen molar-refractivity contribution < 1.29 is 18.3 Å². The number of sulfonamides is 1. The van der Waals surface area contributed by atoms with E-state index >= 15 is 0 Å². The average molecular weight is 460 g/mol. The van der Waals surface area contributed by atoms with Crippen molar-refractivity contribution in [3.63, 3.8) is 0 Å². The summed E-state index contributed by atoms with van der Waals surface area (Å²) in [5.74, 6) is 0.590. The number of nitrogens with zero attached hydrogens (tertiary/aromatic N) is 2. The van der Waals surface area contributed by atoms with Crippen LogP contribution in [-0.2, 0) is 21.4 Å². The second-order valence-electron chi connectivity index (χ2n) is 8.93. The molecule has 1 saturated carbocycles. The Morgan fingerprint density at radius 2 is 1.88 bits per heavy atom. The molecule has 0 bridgehead atoms. The van der Waals surface area contributed by atoms with Crippen molar-refractivity contribution in [2.24, 2.45) is 0 Å². The first-order valence-electron chi connectivity index (χ1n) is 11.4. The van der Waals surface area contributed by atoms with E-state index in [1.54, 1.807) is 6.20 Å². The molecule has 2 heterocycles. The fourth-order valence-electron chi connectivity index (χ4n) is 5.05. The highest BCUT2D eigenvalue weighted by Crippen LogP contribution is 2.34. The van der Waals surface area contributed by atoms with Gasteiger partial charge in [-0.1, -0.05) is 30.3 Å². The minimum Gasteiger partial charge on any atom is -0.390 e. The highest BCUT2D eigenvalue weighted by atomic mass is 32.2. The number of hydrogen-bond acceptors (Lipinski definition) is 6. The molecular formula is C24H33N3O4S. The van der Waals surface area contributed by atoms with Gasteiger partial charge in [-0.25, -0.2) is 13.1 Å². The van der Waals surface area contributed by atoms with Gasteiger partial charge < -0.3 is 14.7 Å². The normalized spacial score (nSPS) is 26.4. The van der Waals surface area contributed by atoms with Crippen LogP contribution in [0, 0.1) is 0 Å². The number of aliphatic hydroxyl groups is 1. The van der Waals surface area contributed by atoms with Crippen molar-refractivity contribution in [3.8, 4) is 0 Å². The van der Waals surface area contributed by atoms with E-state index < -0.39 is 10.0 Å². The van der Waals surface area contributed by atoms with Gasteiger partial charge in [0.25, 0.3) is 0 Å². The molecular weight excluding hydrogens is 426 g/mol. The number of hydrogen-bond donors (Lipinski definition) is 2. The number of nitrogens with one attached hydrogen (secondary N) is 1. The van der Waals surface area contributed by atoms with Gasteiger partial charge >= 0.3 is 0 Å². The fraction of sp³-hybridized carbons (Fsp3) is 0.542. The van der Waals surface area contributed by atoms with E-state index in [1.807, 2.05) is 12.1 Å². The van der Waals surface area contributed by atoms with Crippen LogP contribution < -0.4 is 9.62 Å². The van der Waals surface area contributed by atoms with Crippen LogP contribution in [0.5, 0.6) is 0 Å². The molecule has 2 N–H and O–H groups in total. The predicted molar refractivity (Wildman–Crippen MR) is 125 cm³/mol. The minimum atomic E-state index is -3.32. The molecule has 0 amide bonds. The van der Waals surface area contributed by atoms with Crippen LogP contribution in [0.4, 0.5) is 5.69 Å². The first-order chi connectivity index (χ1) is 15.4. The minimum absolute atomic E-state index is 0.106. The highest BCUT2D eigenvalue weighted by Gasteiger charge is 2.37. The highest BCUT2D eigenvalue weighted by molar-refractivity contribution is 7.88. The quantitative estimate of drug-likeness (QED) is 0.631. The van der Waals surface area contributed by atoms with Gasteiger partial charge in [0.1, 0.15) is 0 Å². The molecule has 0 spiro atoms. The van der Waals surface area contributed by atoms with E-state index in [0.29, 0.717) is 24.6 Å². The van der Waals surface area contributed by atoms with Crippen molar-refractivity contribution in [1.29, 1.82) is 0 Å². The maximum atomic E-state index is 11.9. The predicted octanol–water partition coefficient (Wildman–Crippen LogP) is 2.81. The van der Waals surface area contributed by atoms with Crippen LogP contribution in [0.1, 0.15) is 49.3 Å². The number of rotatable bonds is 8. The smallest absolute Gasteiger partial charge is 0.209 e. The summed E-state index contributed by atoms with van der Waals surface area (Å²) in [5.41, 5.74) is 2.94. The maximum Gasteiger partial charge on any atom is 0.209 e. The Hall–Kier alpha value is -2.00. The Morgan fingerprint density at radius 3 is 2.56 bits per heavy atom. The van der Waals surface area contributed by atoms with E-state index in [4.69, 9.17) is 4.74 Å². The molecule has 2 fully saturated rings. The molecule has 32 heavy (non-hydrogen) atoms. The molecule has 2 aliphatic rings. The topological polar surface area (TPSA) is 91.8 Å². The van der Waals surface area contributed by atoms with Gasteiger partial charge in [-0.05, 0) is 55.7 Å². The van der Waals surface area contributed by atoms with E-state index in [-0.39, 0.29) is 24.8 Å². The molecule has 1 aliphatic carbocycles. The van der Waals surface area contributed by atoms with Crippen LogP contribution in [0.25, 0.3) is 0 Å². The maximum absolute atomic E-state index is 11.9. The monoisotopic (exact) mass is 459 g/mol. The second kappa shape index (κ2) is 10.3. The molecule has 7 nitrogen and oxygen atoms in total. The Kier molecular flexibility index (Phi) is 7.45. The lowest BCUT2D eigenvalue weighted by Gasteiger charge is -2.33. The number of anilines is 1. The third-order valence-electron chi connectivity index (χ3n) is 6.65. The fourth-order valence-corrected chi connectivity index (χ4v) is 5.87. The van der Waals surface area contributed by atoms with E-state index in [2.05, 4.69) is 44.9 Å². The molecule has 1 saturated heterocycles. The summed E-state index contributed by atoms with van der Waals surface area (Å²) in [6.07, 6.45) is 8.04. The standard InChI is InChI=1S/C24H33N3O4S/c1-32(29,30)26-23-12-14-27(21-11-13-25-20(15-21)16-28)24(23)17-31-22-9-7-19(8-10-22)18-5-3-2-4-6-18/h2-6,11,13,15,19,22-24,26,28H,7-10,12,14,16-17H2,1H3/t19-,22+,23-,24-/m0/s1. The van der Waals surface area contributed by atoms with Gasteiger partial charge in [-0.3, -0.25) is 4.98 Å². The number of aliphatic hydroxyl groups excluding tert-OH is 1. The van der Waals surface area contributed by atoms with Crippen LogP contribution in [-0.4, -0.2) is 56.1 Å². The zero-order valence-corrected chi connectivity index (χ0v) is 19.4. The largest absolute Gasteiger partial charge is 0.390 e. The van der Waals surface area contributed by atoms with Crippen molar-refractivity contribution in [3.05, 3.63) is 59.9 Å². The Balaban J connectivity index is 1.41. The van der Waals surface area contributed by atoms with Crippen LogP contribution in [0.2, 0.25) is 0 Å². The first-order valence-corrected chi connectivity index (χ1v) is 13.3.